The average molecular weight is 225 g/mol. The van der Waals surface area contributed by atoms with Gasteiger partial charge in [0, 0.05) is 32.0 Å². The lowest BCUT2D eigenvalue weighted by Gasteiger charge is -2.07. The van der Waals surface area contributed by atoms with Crippen LogP contribution in [0.2, 0.25) is 0 Å². The standard InChI is InChI=1S/C11H19N3O2/c1-4-16-10-8-9(2)13-11(14-10)12-6-5-7-15-3/h8H,4-7H2,1-3H3,(H,12,13,14). The Morgan fingerprint density at radius 1 is 1.38 bits per heavy atom. The molecule has 0 spiro atoms. The first kappa shape index (κ1) is 12.7. The molecular weight excluding hydrogens is 206 g/mol. The quantitative estimate of drug-likeness (QED) is 0.715. The molecule has 16 heavy (non-hydrogen) atoms. The van der Waals surface area contributed by atoms with Crippen molar-refractivity contribution in [3.63, 3.8) is 0 Å². The summed E-state index contributed by atoms with van der Waals surface area (Å²) in [6.45, 7) is 5.99. The molecule has 0 saturated carbocycles. The van der Waals surface area contributed by atoms with Crippen LogP contribution in [0.15, 0.2) is 6.07 Å². The molecule has 0 aromatic carbocycles. The van der Waals surface area contributed by atoms with Crippen molar-refractivity contribution >= 4 is 5.95 Å². The van der Waals surface area contributed by atoms with Crippen molar-refractivity contribution in [1.82, 2.24) is 9.97 Å². The molecule has 1 heterocycles. The summed E-state index contributed by atoms with van der Waals surface area (Å²) in [6, 6.07) is 1.82. The molecule has 0 atom stereocenters. The third-order valence-electron chi connectivity index (χ3n) is 1.93. The number of ether oxygens (including phenoxy) is 2. The van der Waals surface area contributed by atoms with Gasteiger partial charge in [-0.2, -0.15) is 4.98 Å². The lowest BCUT2D eigenvalue weighted by atomic mass is 10.4. The summed E-state index contributed by atoms with van der Waals surface area (Å²) >= 11 is 0. The fraction of sp³-hybridized carbons (Fsp3) is 0.636. The van der Waals surface area contributed by atoms with Crippen LogP contribution >= 0.6 is 0 Å². The predicted octanol–water partition coefficient (Wildman–Crippen LogP) is 1.63. The molecule has 90 valence electrons. The molecular formula is C11H19N3O2. The fourth-order valence-electron chi connectivity index (χ4n) is 1.26. The smallest absolute Gasteiger partial charge is 0.226 e. The molecule has 0 unspecified atom stereocenters. The Balaban J connectivity index is 2.51. The first-order valence-electron chi connectivity index (χ1n) is 5.47. The summed E-state index contributed by atoms with van der Waals surface area (Å²) in [7, 11) is 1.69. The highest BCUT2D eigenvalue weighted by molar-refractivity contribution is 5.30. The van der Waals surface area contributed by atoms with Crippen molar-refractivity contribution in [3.8, 4) is 5.88 Å². The van der Waals surface area contributed by atoms with E-state index in [0.29, 0.717) is 18.4 Å². The van der Waals surface area contributed by atoms with E-state index < -0.39 is 0 Å². The first-order chi connectivity index (χ1) is 7.76. The average Bonchev–Trinajstić information content (AvgIpc) is 2.24. The Kier molecular flexibility index (Phi) is 5.56. The van der Waals surface area contributed by atoms with E-state index >= 15 is 0 Å². The molecule has 5 heteroatoms. The Bertz CT molecular complexity index is 318. The van der Waals surface area contributed by atoms with Gasteiger partial charge in [0.25, 0.3) is 0 Å². The molecule has 0 saturated heterocycles. The van der Waals surface area contributed by atoms with Crippen LogP contribution in [0, 0.1) is 6.92 Å². The molecule has 1 N–H and O–H groups in total. The van der Waals surface area contributed by atoms with E-state index in [9.17, 15) is 0 Å². The minimum atomic E-state index is 0.611. The lowest BCUT2D eigenvalue weighted by Crippen LogP contribution is -2.09. The first-order valence-corrected chi connectivity index (χ1v) is 5.47. The molecule has 0 bridgehead atoms. The molecule has 0 aliphatic heterocycles. The SMILES string of the molecule is CCOc1cc(C)nc(NCCCOC)n1. The second-order valence-corrected chi connectivity index (χ2v) is 3.38. The van der Waals surface area contributed by atoms with Gasteiger partial charge >= 0.3 is 0 Å². The van der Waals surface area contributed by atoms with Gasteiger partial charge < -0.3 is 14.8 Å². The summed E-state index contributed by atoms with van der Waals surface area (Å²) in [5.74, 6) is 1.23. The van der Waals surface area contributed by atoms with Gasteiger partial charge in [-0.3, -0.25) is 0 Å². The van der Waals surface area contributed by atoms with Gasteiger partial charge in [0.1, 0.15) is 0 Å². The Morgan fingerprint density at radius 3 is 2.88 bits per heavy atom. The fourth-order valence-corrected chi connectivity index (χ4v) is 1.26. The molecule has 0 amide bonds. The van der Waals surface area contributed by atoms with Crippen LogP contribution in [0.3, 0.4) is 0 Å². The largest absolute Gasteiger partial charge is 0.478 e. The second-order valence-electron chi connectivity index (χ2n) is 3.38. The zero-order valence-electron chi connectivity index (χ0n) is 10.1. The number of rotatable bonds is 7. The summed E-state index contributed by atoms with van der Waals surface area (Å²) in [4.78, 5) is 8.51. The van der Waals surface area contributed by atoms with Crippen molar-refractivity contribution in [1.29, 1.82) is 0 Å². The number of hydrogen-bond acceptors (Lipinski definition) is 5. The number of aromatic nitrogens is 2. The number of anilines is 1. The van der Waals surface area contributed by atoms with Crippen molar-refractivity contribution in [2.75, 3.05) is 32.2 Å². The lowest BCUT2D eigenvalue weighted by molar-refractivity contribution is 0.197. The highest BCUT2D eigenvalue weighted by atomic mass is 16.5. The van der Waals surface area contributed by atoms with Crippen LogP contribution in [0.4, 0.5) is 5.95 Å². The minimum absolute atomic E-state index is 0.611. The molecule has 0 aliphatic carbocycles. The van der Waals surface area contributed by atoms with Gasteiger partial charge in [0.15, 0.2) is 0 Å². The zero-order chi connectivity index (χ0) is 11.8. The van der Waals surface area contributed by atoms with Crippen LogP contribution in [-0.2, 0) is 4.74 Å². The highest BCUT2D eigenvalue weighted by Gasteiger charge is 2.01. The molecule has 1 aromatic heterocycles. The summed E-state index contributed by atoms with van der Waals surface area (Å²) < 4.78 is 10.3. The highest BCUT2D eigenvalue weighted by Crippen LogP contribution is 2.11. The summed E-state index contributed by atoms with van der Waals surface area (Å²) in [5.41, 5.74) is 0.896. The third kappa shape index (κ3) is 4.44. The molecule has 1 aromatic rings. The number of hydrogen-bond donors (Lipinski definition) is 1. The van der Waals surface area contributed by atoms with E-state index in [4.69, 9.17) is 9.47 Å². The third-order valence-corrected chi connectivity index (χ3v) is 1.93. The summed E-state index contributed by atoms with van der Waals surface area (Å²) in [6.07, 6.45) is 0.928. The van der Waals surface area contributed by atoms with Gasteiger partial charge in [-0.05, 0) is 20.3 Å². The maximum absolute atomic E-state index is 5.34. The number of methoxy groups -OCH3 is 1. The number of aryl methyl sites for hydroxylation is 1. The maximum Gasteiger partial charge on any atom is 0.226 e. The van der Waals surface area contributed by atoms with E-state index in [2.05, 4.69) is 15.3 Å². The van der Waals surface area contributed by atoms with E-state index in [-0.39, 0.29) is 0 Å². The predicted molar refractivity (Wildman–Crippen MR) is 62.9 cm³/mol. The second kappa shape index (κ2) is 7.00. The molecule has 0 radical (unpaired) electrons. The Hall–Kier alpha value is -1.36. The molecule has 0 fully saturated rings. The van der Waals surface area contributed by atoms with Crippen LogP contribution < -0.4 is 10.1 Å². The van der Waals surface area contributed by atoms with Crippen LogP contribution in [0.1, 0.15) is 19.0 Å². The van der Waals surface area contributed by atoms with Crippen molar-refractivity contribution in [2.24, 2.45) is 0 Å². The molecule has 1 rings (SSSR count). The van der Waals surface area contributed by atoms with E-state index in [1.807, 2.05) is 19.9 Å². The monoisotopic (exact) mass is 225 g/mol. The minimum Gasteiger partial charge on any atom is -0.478 e. The summed E-state index contributed by atoms with van der Waals surface area (Å²) in [5, 5.41) is 3.14. The van der Waals surface area contributed by atoms with Crippen LogP contribution in [0.5, 0.6) is 5.88 Å². The van der Waals surface area contributed by atoms with Crippen LogP contribution in [-0.4, -0.2) is 36.8 Å². The molecule has 0 aliphatic rings. The number of nitrogens with one attached hydrogen (secondary N) is 1. The normalized spacial score (nSPS) is 10.2. The van der Waals surface area contributed by atoms with Gasteiger partial charge in [0.2, 0.25) is 11.8 Å². The number of nitrogens with zero attached hydrogens (tertiary/aromatic N) is 2. The van der Waals surface area contributed by atoms with Crippen molar-refractivity contribution in [3.05, 3.63) is 11.8 Å². The van der Waals surface area contributed by atoms with Gasteiger partial charge in [-0.25, -0.2) is 4.98 Å². The van der Waals surface area contributed by atoms with Crippen molar-refractivity contribution < 1.29 is 9.47 Å². The maximum atomic E-state index is 5.34. The van der Waals surface area contributed by atoms with E-state index in [0.717, 1.165) is 25.3 Å². The van der Waals surface area contributed by atoms with Gasteiger partial charge in [-0.15, -0.1) is 0 Å². The topological polar surface area (TPSA) is 56.3 Å². The van der Waals surface area contributed by atoms with Crippen molar-refractivity contribution in [2.45, 2.75) is 20.3 Å². The van der Waals surface area contributed by atoms with Crippen LogP contribution in [0.25, 0.3) is 0 Å². The Labute approximate surface area is 96.2 Å². The molecule has 5 nitrogen and oxygen atoms in total. The van der Waals surface area contributed by atoms with Gasteiger partial charge in [-0.1, -0.05) is 0 Å². The van der Waals surface area contributed by atoms with E-state index in [1.165, 1.54) is 0 Å². The Morgan fingerprint density at radius 2 is 2.19 bits per heavy atom. The zero-order valence-corrected chi connectivity index (χ0v) is 10.1. The van der Waals surface area contributed by atoms with Gasteiger partial charge in [0.05, 0.1) is 6.61 Å². The van der Waals surface area contributed by atoms with E-state index in [1.54, 1.807) is 7.11 Å².